The summed E-state index contributed by atoms with van der Waals surface area (Å²) in [4.78, 5) is 37.2. The molecule has 4 N–H and O–H groups in total. The zero-order chi connectivity index (χ0) is 26.5. The van der Waals surface area contributed by atoms with Crippen LogP contribution in [0, 0.1) is 0 Å². The SMILES string of the molecule is COc1cc(CNC(=O)c2cccc(Nc3c(Nc4ccccc4)c(=O)c3=O)c2O)cc(OC)c1OC. The van der Waals surface area contributed by atoms with Crippen molar-refractivity contribution in [3.05, 3.63) is 92.2 Å². The Morgan fingerprint density at radius 3 is 2.03 bits per heavy atom. The van der Waals surface area contributed by atoms with Crippen molar-refractivity contribution in [2.45, 2.75) is 6.54 Å². The smallest absolute Gasteiger partial charge is 0.255 e. The molecule has 0 aliphatic carbocycles. The zero-order valence-electron chi connectivity index (χ0n) is 20.4. The molecular weight excluding hydrogens is 478 g/mol. The maximum absolute atomic E-state index is 12.9. The Morgan fingerprint density at radius 2 is 1.43 bits per heavy atom. The summed E-state index contributed by atoms with van der Waals surface area (Å²) in [5.74, 6) is 0.378. The summed E-state index contributed by atoms with van der Waals surface area (Å²) in [7, 11) is 4.48. The number of aromatic hydroxyl groups is 1. The van der Waals surface area contributed by atoms with Gasteiger partial charge in [-0.25, -0.2) is 0 Å². The Kier molecular flexibility index (Phi) is 7.28. The molecule has 10 nitrogen and oxygen atoms in total. The van der Waals surface area contributed by atoms with Gasteiger partial charge in [-0.2, -0.15) is 0 Å². The van der Waals surface area contributed by atoms with Gasteiger partial charge in [0.05, 0.1) is 32.6 Å². The average molecular weight is 504 g/mol. The van der Waals surface area contributed by atoms with Crippen molar-refractivity contribution in [1.29, 1.82) is 0 Å². The fraction of sp³-hybridized carbons (Fsp3) is 0.148. The number of ether oxygens (including phenoxy) is 3. The fourth-order valence-electron chi connectivity index (χ4n) is 3.77. The number of para-hydroxylation sites is 2. The molecule has 0 spiro atoms. The van der Waals surface area contributed by atoms with E-state index in [0.717, 1.165) is 0 Å². The monoisotopic (exact) mass is 503 g/mol. The summed E-state index contributed by atoms with van der Waals surface area (Å²) < 4.78 is 16.0. The molecule has 0 aliphatic rings. The second-order valence-electron chi connectivity index (χ2n) is 7.94. The molecule has 4 aromatic rings. The highest BCUT2D eigenvalue weighted by atomic mass is 16.5. The maximum Gasteiger partial charge on any atom is 0.255 e. The molecular formula is C27H25N3O7. The highest BCUT2D eigenvalue weighted by Crippen LogP contribution is 2.38. The molecule has 0 unspecified atom stereocenters. The van der Waals surface area contributed by atoms with Crippen LogP contribution in [-0.2, 0) is 6.54 Å². The quantitative estimate of drug-likeness (QED) is 0.190. The van der Waals surface area contributed by atoms with E-state index in [1.165, 1.54) is 33.5 Å². The number of carbonyl (C=O) groups excluding carboxylic acids is 1. The minimum absolute atomic E-state index is 0.000802. The van der Waals surface area contributed by atoms with Crippen molar-refractivity contribution in [1.82, 2.24) is 5.32 Å². The molecule has 37 heavy (non-hydrogen) atoms. The lowest BCUT2D eigenvalue weighted by atomic mass is 10.1. The van der Waals surface area contributed by atoms with Crippen LogP contribution in [-0.4, -0.2) is 32.3 Å². The largest absolute Gasteiger partial charge is 0.505 e. The van der Waals surface area contributed by atoms with Gasteiger partial charge >= 0.3 is 0 Å². The molecule has 0 atom stereocenters. The van der Waals surface area contributed by atoms with E-state index in [1.807, 2.05) is 6.07 Å². The number of hydrogen-bond acceptors (Lipinski definition) is 9. The van der Waals surface area contributed by atoms with Gasteiger partial charge < -0.3 is 35.3 Å². The standard InChI is InChI=1S/C27H25N3O7/c1-35-19-12-15(13-20(36-2)26(19)37-3)14-28-27(34)17-10-7-11-18(23(17)31)30-22-21(24(32)25(22)33)29-16-8-5-4-6-9-16/h4-13,29-31H,14H2,1-3H3,(H,28,34). The van der Waals surface area contributed by atoms with Crippen molar-refractivity contribution in [3.8, 4) is 23.0 Å². The van der Waals surface area contributed by atoms with E-state index in [1.54, 1.807) is 42.5 Å². The van der Waals surface area contributed by atoms with Gasteiger partial charge in [0.15, 0.2) is 17.2 Å². The van der Waals surface area contributed by atoms with Crippen molar-refractivity contribution < 1.29 is 24.1 Å². The van der Waals surface area contributed by atoms with Crippen LogP contribution in [0.5, 0.6) is 23.0 Å². The molecule has 0 aliphatic heterocycles. The van der Waals surface area contributed by atoms with Crippen LogP contribution >= 0.6 is 0 Å². The third-order valence-electron chi connectivity index (χ3n) is 5.67. The number of phenolic OH excluding ortho intramolecular Hbond substituents is 1. The van der Waals surface area contributed by atoms with E-state index in [9.17, 15) is 19.5 Å². The van der Waals surface area contributed by atoms with E-state index >= 15 is 0 Å². The van der Waals surface area contributed by atoms with Gasteiger partial charge in [-0.1, -0.05) is 24.3 Å². The van der Waals surface area contributed by atoms with E-state index < -0.39 is 16.8 Å². The number of benzene rings is 3. The first-order valence-electron chi connectivity index (χ1n) is 11.2. The Bertz CT molecular complexity index is 1480. The highest BCUT2D eigenvalue weighted by molar-refractivity contribution is 5.99. The van der Waals surface area contributed by atoms with Crippen LogP contribution in [0.3, 0.4) is 0 Å². The first-order chi connectivity index (χ1) is 17.9. The van der Waals surface area contributed by atoms with Crippen molar-refractivity contribution in [2.24, 2.45) is 0 Å². The number of hydrogen-bond donors (Lipinski definition) is 4. The van der Waals surface area contributed by atoms with Gasteiger partial charge in [-0.3, -0.25) is 14.4 Å². The van der Waals surface area contributed by atoms with Crippen molar-refractivity contribution in [2.75, 3.05) is 32.0 Å². The van der Waals surface area contributed by atoms with Crippen molar-refractivity contribution in [3.63, 3.8) is 0 Å². The Hall–Kier alpha value is -4.99. The lowest BCUT2D eigenvalue weighted by Crippen LogP contribution is -2.35. The van der Waals surface area contributed by atoms with Crippen LogP contribution in [0.25, 0.3) is 0 Å². The number of rotatable bonds is 10. The topological polar surface area (TPSA) is 135 Å². The third-order valence-corrected chi connectivity index (χ3v) is 5.67. The van der Waals surface area contributed by atoms with Crippen LogP contribution in [0.15, 0.2) is 70.3 Å². The minimum atomic E-state index is -0.727. The minimum Gasteiger partial charge on any atom is -0.505 e. The predicted molar refractivity (Wildman–Crippen MR) is 140 cm³/mol. The number of nitrogens with one attached hydrogen (secondary N) is 3. The Balaban J connectivity index is 1.52. The lowest BCUT2D eigenvalue weighted by Gasteiger charge is -2.17. The van der Waals surface area contributed by atoms with Gasteiger partial charge in [0.25, 0.3) is 16.8 Å². The molecule has 0 heterocycles. The van der Waals surface area contributed by atoms with Crippen LogP contribution in [0.1, 0.15) is 15.9 Å². The Morgan fingerprint density at radius 1 is 0.811 bits per heavy atom. The number of phenols is 1. The van der Waals surface area contributed by atoms with E-state index in [0.29, 0.717) is 28.5 Å². The molecule has 1 amide bonds. The lowest BCUT2D eigenvalue weighted by molar-refractivity contribution is 0.0948. The molecule has 4 aromatic carbocycles. The first kappa shape index (κ1) is 25.1. The normalized spacial score (nSPS) is 10.6. The van der Waals surface area contributed by atoms with Gasteiger partial charge in [-0.05, 0) is 42.0 Å². The van der Waals surface area contributed by atoms with Gasteiger partial charge in [0.2, 0.25) is 5.75 Å². The molecule has 0 saturated heterocycles. The number of anilines is 4. The second-order valence-corrected chi connectivity index (χ2v) is 7.94. The third kappa shape index (κ3) is 5.03. The number of carbonyl (C=O) groups is 1. The van der Waals surface area contributed by atoms with E-state index in [4.69, 9.17) is 14.2 Å². The molecule has 0 saturated carbocycles. The van der Waals surface area contributed by atoms with E-state index in [-0.39, 0.29) is 34.9 Å². The molecule has 0 bridgehead atoms. The highest BCUT2D eigenvalue weighted by Gasteiger charge is 2.23. The fourth-order valence-corrected chi connectivity index (χ4v) is 3.77. The maximum atomic E-state index is 12.9. The molecule has 4 rings (SSSR count). The predicted octanol–water partition coefficient (Wildman–Crippen LogP) is 3.43. The van der Waals surface area contributed by atoms with Gasteiger partial charge in [0.1, 0.15) is 11.4 Å². The average Bonchev–Trinajstić information content (AvgIpc) is 2.93. The number of methoxy groups -OCH3 is 3. The van der Waals surface area contributed by atoms with Gasteiger partial charge in [0, 0.05) is 12.2 Å². The van der Waals surface area contributed by atoms with E-state index in [2.05, 4.69) is 16.0 Å². The number of amides is 1. The zero-order valence-corrected chi connectivity index (χ0v) is 20.4. The van der Waals surface area contributed by atoms with Crippen molar-refractivity contribution >= 4 is 28.7 Å². The molecule has 0 aromatic heterocycles. The summed E-state index contributed by atoms with van der Waals surface area (Å²) in [6.07, 6.45) is 0. The van der Waals surface area contributed by atoms with Crippen LogP contribution in [0.4, 0.5) is 22.7 Å². The summed E-state index contributed by atoms with van der Waals surface area (Å²) in [6, 6.07) is 16.8. The summed E-state index contributed by atoms with van der Waals surface area (Å²) in [5, 5.41) is 19.2. The summed E-state index contributed by atoms with van der Waals surface area (Å²) in [6.45, 7) is 0.107. The summed E-state index contributed by atoms with van der Waals surface area (Å²) >= 11 is 0. The van der Waals surface area contributed by atoms with Crippen LogP contribution < -0.4 is 41.0 Å². The molecule has 0 fully saturated rings. The van der Waals surface area contributed by atoms with Gasteiger partial charge in [-0.15, -0.1) is 0 Å². The molecule has 10 heteroatoms. The molecule has 190 valence electrons. The molecule has 0 radical (unpaired) electrons. The van der Waals surface area contributed by atoms with Crippen LogP contribution in [0.2, 0.25) is 0 Å². The first-order valence-corrected chi connectivity index (χ1v) is 11.2. The summed E-state index contributed by atoms with van der Waals surface area (Å²) in [5.41, 5.74) is 0.0586. The Labute approximate surface area is 212 Å². The second kappa shape index (κ2) is 10.7.